The molecule has 0 aromatic heterocycles. The minimum absolute atomic E-state index is 0.0604. The summed E-state index contributed by atoms with van der Waals surface area (Å²) in [6.45, 7) is 0.600. The molecule has 1 fully saturated rings. The van der Waals surface area contributed by atoms with Gasteiger partial charge in [0, 0.05) is 23.6 Å². The van der Waals surface area contributed by atoms with Gasteiger partial charge in [-0.3, -0.25) is 4.79 Å². The lowest BCUT2D eigenvalue weighted by Crippen LogP contribution is -2.52. The highest BCUT2D eigenvalue weighted by Gasteiger charge is 2.54. The summed E-state index contributed by atoms with van der Waals surface area (Å²) in [6.07, 6.45) is -10.9. The number of fused-ring (bicyclic) bond motifs is 2. The van der Waals surface area contributed by atoms with Crippen LogP contribution < -0.4 is 10.2 Å². The molecule has 0 saturated carbocycles. The second-order valence-electron chi connectivity index (χ2n) is 8.58. The number of nitrogens with zero attached hydrogens (tertiary/aromatic N) is 1. The third-order valence-electron chi connectivity index (χ3n) is 6.66. The van der Waals surface area contributed by atoms with E-state index in [9.17, 15) is 39.9 Å². The van der Waals surface area contributed by atoms with Gasteiger partial charge in [0.25, 0.3) is 5.91 Å². The molecule has 2 heterocycles. The summed E-state index contributed by atoms with van der Waals surface area (Å²) < 4.78 is 109. The first-order valence-electron chi connectivity index (χ1n) is 10.6. The van der Waals surface area contributed by atoms with Gasteiger partial charge >= 0.3 is 12.4 Å². The van der Waals surface area contributed by atoms with Crippen LogP contribution >= 0.6 is 0 Å². The van der Waals surface area contributed by atoms with Crippen molar-refractivity contribution in [2.75, 3.05) is 18.0 Å². The molecule has 1 N–H and O–H groups in total. The summed E-state index contributed by atoms with van der Waals surface area (Å²) in [6, 6.07) is 4.05. The maximum atomic E-state index is 14.5. The monoisotopic (exact) mass is 492 g/mol. The molecule has 2 aliphatic heterocycles. The number of alkyl halides is 6. The van der Waals surface area contributed by atoms with Crippen molar-refractivity contribution in [2.45, 2.75) is 49.5 Å². The van der Waals surface area contributed by atoms with Gasteiger partial charge in [-0.25, -0.2) is 8.78 Å². The fourth-order valence-electron chi connectivity index (χ4n) is 5.17. The molecular formula is C23H20F8N2O. The Morgan fingerprint density at radius 2 is 1.62 bits per heavy atom. The van der Waals surface area contributed by atoms with Crippen LogP contribution in [0.5, 0.6) is 0 Å². The number of nitrogens with one attached hydrogen (secondary N) is 1. The summed E-state index contributed by atoms with van der Waals surface area (Å²) in [4.78, 5) is 14.3. The molecule has 1 spiro atoms. The van der Waals surface area contributed by atoms with Crippen molar-refractivity contribution in [1.29, 1.82) is 0 Å². The van der Waals surface area contributed by atoms with Gasteiger partial charge in [-0.2, -0.15) is 26.3 Å². The molecule has 0 radical (unpaired) electrons. The number of hydrogen-bond donors (Lipinski definition) is 1. The molecule has 0 aliphatic carbocycles. The molecule has 184 valence electrons. The van der Waals surface area contributed by atoms with Gasteiger partial charge in [-0.15, -0.1) is 0 Å². The van der Waals surface area contributed by atoms with Crippen LogP contribution in [0.15, 0.2) is 36.4 Å². The smallest absolute Gasteiger partial charge is 0.317 e. The molecule has 11 heteroatoms. The molecule has 1 unspecified atom stereocenters. The zero-order chi connectivity index (χ0) is 24.9. The zero-order valence-corrected chi connectivity index (χ0v) is 17.7. The van der Waals surface area contributed by atoms with E-state index >= 15 is 0 Å². The highest BCUT2D eigenvalue weighted by atomic mass is 19.4. The SMILES string of the molecule is O=C(c1c(F)cccc1F)N1c2ccc(C(F)(F)F)cc2C2(CCNCC2)C1CCC(F)(F)F. The van der Waals surface area contributed by atoms with E-state index < -0.39 is 65.3 Å². The van der Waals surface area contributed by atoms with E-state index in [4.69, 9.17) is 0 Å². The predicted octanol–water partition coefficient (Wildman–Crippen LogP) is 5.98. The van der Waals surface area contributed by atoms with E-state index in [1.165, 1.54) is 0 Å². The van der Waals surface area contributed by atoms with Gasteiger partial charge in [0.15, 0.2) is 0 Å². The molecule has 4 rings (SSSR count). The number of benzene rings is 2. The highest BCUT2D eigenvalue weighted by Crippen LogP contribution is 2.54. The Morgan fingerprint density at radius 1 is 1.00 bits per heavy atom. The fraction of sp³-hybridized carbons (Fsp3) is 0.435. The van der Waals surface area contributed by atoms with E-state index in [2.05, 4.69) is 5.32 Å². The Bertz CT molecular complexity index is 1070. The van der Waals surface area contributed by atoms with E-state index in [-0.39, 0.29) is 24.1 Å². The number of carbonyl (C=O) groups excluding carboxylic acids is 1. The predicted molar refractivity (Wildman–Crippen MR) is 107 cm³/mol. The molecule has 2 aliphatic rings. The molecule has 3 nitrogen and oxygen atoms in total. The first kappa shape index (κ1) is 24.4. The number of carbonyl (C=O) groups is 1. The molecule has 2 aromatic rings. The van der Waals surface area contributed by atoms with Gasteiger partial charge < -0.3 is 10.2 Å². The lowest BCUT2D eigenvalue weighted by molar-refractivity contribution is -0.137. The van der Waals surface area contributed by atoms with Crippen molar-refractivity contribution in [3.63, 3.8) is 0 Å². The van der Waals surface area contributed by atoms with Crippen LogP contribution in [0.4, 0.5) is 40.8 Å². The molecule has 1 saturated heterocycles. The third-order valence-corrected chi connectivity index (χ3v) is 6.66. The average Bonchev–Trinajstić information content (AvgIpc) is 3.00. The van der Waals surface area contributed by atoms with Crippen LogP contribution in [0.1, 0.15) is 47.2 Å². The number of halogens is 8. The lowest BCUT2D eigenvalue weighted by Gasteiger charge is -2.42. The Balaban J connectivity index is 1.92. The number of amides is 1. The van der Waals surface area contributed by atoms with E-state index in [0.717, 1.165) is 41.3 Å². The second-order valence-corrected chi connectivity index (χ2v) is 8.58. The average molecular weight is 492 g/mol. The number of anilines is 1. The minimum atomic E-state index is -4.72. The van der Waals surface area contributed by atoms with Crippen molar-refractivity contribution >= 4 is 11.6 Å². The van der Waals surface area contributed by atoms with E-state index in [0.29, 0.717) is 13.1 Å². The van der Waals surface area contributed by atoms with Crippen LogP contribution in [0, 0.1) is 11.6 Å². The van der Waals surface area contributed by atoms with Crippen LogP contribution in [0.3, 0.4) is 0 Å². The van der Waals surface area contributed by atoms with Crippen molar-refractivity contribution in [2.24, 2.45) is 0 Å². The molecule has 34 heavy (non-hydrogen) atoms. The fourth-order valence-corrected chi connectivity index (χ4v) is 5.17. The Labute approximate surface area is 189 Å². The number of piperidine rings is 1. The van der Waals surface area contributed by atoms with Crippen LogP contribution in [0.2, 0.25) is 0 Å². The van der Waals surface area contributed by atoms with Crippen LogP contribution in [-0.4, -0.2) is 31.2 Å². The van der Waals surface area contributed by atoms with Crippen molar-refractivity contribution in [3.8, 4) is 0 Å². The molecule has 0 bridgehead atoms. The molecule has 1 atom stereocenters. The second kappa shape index (κ2) is 8.51. The standard InChI is InChI=1S/C23H20F8N2O/c24-15-2-1-3-16(25)19(15)20(34)33-17-5-4-13(23(29,30)31)12-14(17)21(8-10-32-11-9-21)18(33)6-7-22(26,27)28/h1-5,12,18,32H,6-11H2. The molecule has 2 aromatic carbocycles. The van der Waals surface area contributed by atoms with Crippen LogP contribution in [-0.2, 0) is 11.6 Å². The number of hydrogen-bond acceptors (Lipinski definition) is 2. The van der Waals surface area contributed by atoms with Gasteiger partial charge in [0.2, 0.25) is 0 Å². The van der Waals surface area contributed by atoms with Crippen molar-refractivity contribution < 1.29 is 39.9 Å². The topological polar surface area (TPSA) is 32.3 Å². The number of rotatable bonds is 3. The normalized spacial score (nSPS) is 20.0. The summed E-state index contributed by atoms with van der Waals surface area (Å²) in [5, 5.41) is 3.03. The van der Waals surface area contributed by atoms with Crippen molar-refractivity contribution in [3.05, 3.63) is 64.7 Å². The summed E-state index contributed by atoms with van der Waals surface area (Å²) in [7, 11) is 0. The quantitative estimate of drug-likeness (QED) is 0.535. The van der Waals surface area contributed by atoms with Gasteiger partial charge in [0.1, 0.15) is 17.2 Å². The maximum Gasteiger partial charge on any atom is 0.416 e. The lowest BCUT2D eigenvalue weighted by atomic mass is 9.68. The summed E-state index contributed by atoms with van der Waals surface area (Å²) in [5.74, 6) is -3.64. The first-order valence-corrected chi connectivity index (χ1v) is 10.6. The third kappa shape index (κ3) is 4.25. The summed E-state index contributed by atoms with van der Waals surface area (Å²) >= 11 is 0. The maximum absolute atomic E-state index is 14.5. The first-order chi connectivity index (χ1) is 15.8. The largest absolute Gasteiger partial charge is 0.416 e. The highest BCUT2D eigenvalue weighted by molar-refractivity contribution is 6.08. The van der Waals surface area contributed by atoms with Gasteiger partial charge in [-0.1, -0.05) is 6.07 Å². The Hall–Kier alpha value is -2.69. The van der Waals surface area contributed by atoms with Crippen molar-refractivity contribution in [1.82, 2.24) is 5.32 Å². The Kier molecular flexibility index (Phi) is 6.12. The van der Waals surface area contributed by atoms with E-state index in [1.54, 1.807) is 0 Å². The van der Waals surface area contributed by atoms with Gasteiger partial charge in [-0.05, 0) is 68.2 Å². The van der Waals surface area contributed by atoms with Crippen LogP contribution in [0.25, 0.3) is 0 Å². The Morgan fingerprint density at radius 3 is 2.18 bits per heavy atom. The zero-order valence-electron chi connectivity index (χ0n) is 17.7. The molecule has 1 amide bonds. The van der Waals surface area contributed by atoms with E-state index in [1.807, 2.05) is 0 Å². The minimum Gasteiger partial charge on any atom is -0.317 e. The summed E-state index contributed by atoms with van der Waals surface area (Å²) in [5.41, 5.74) is -3.19. The molecular weight excluding hydrogens is 472 g/mol. The van der Waals surface area contributed by atoms with Gasteiger partial charge in [0.05, 0.1) is 5.56 Å².